The van der Waals surface area contributed by atoms with Crippen LogP contribution < -0.4 is 29.9 Å². The van der Waals surface area contributed by atoms with Crippen LogP contribution in [0.25, 0.3) is 10.2 Å². The fourth-order valence-electron chi connectivity index (χ4n) is 10.4. The number of carbonyl (C=O) groups excluding carboxylic acids is 1. The number of carboxylic acid groups (broad SMARTS) is 1. The first-order valence-electron chi connectivity index (χ1n) is 28.5. The van der Waals surface area contributed by atoms with Gasteiger partial charge in [0.25, 0.3) is 8.32 Å². The van der Waals surface area contributed by atoms with Gasteiger partial charge in [-0.1, -0.05) is 136 Å². The summed E-state index contributed by atoms with van der Waals surface area (Å²) in [6.07, 6.45) is 1.93. The number of halogens is 1. The highest BCUT2D eigenvalue weighted by Gasteiger charge is 2.52. The average molecular weight is 1180 g/mol. The van der Waals surface area contributed by atoms with E-state index in [9.17, 15) is 9.90 Å². The Kier molecular flexibility index (Phi) is 20.9. The lowest BCUT2D eigenvalue weighted by Crippen LogP contribution is -2.69. The summed E-state index contributed by atoms with van der Waals surface area (Å²) in [5.41, 5.74) is 2.23. The van der Waals surface area contributed by atoms with Crippen LogP contribution in [0.2, 0.25) is 30.7 Å². The van der Waals surface area contributed by atoms with Crippen molar-refractivity contribution in [1.82, 2.24) is 29.5 Å². The molecule has 14 nitrogen and oxygen atoms in total. The molecule has 1 unspecified atom stereocenters. The maximum absolute atomic E-state index is 15.2. The zero-order valence-electron chi connectivity index (χ0n) is 49.8. The summed E-state index contributed by atoms with van der Waals surface area (Å²) < 4.78 is 39.4. The van der Waals surface area contributed by atoms with Crippen LogP contribution in [0.5, 0.6) is 5.75 Å². The molecule has 0 radical (unpaired) electrons. The minimum absolute atomic E-state index is 0.104. The van der Waals surface area contributed by atoms with Gasteiger partial charge in [0, 0.05) is 44.8 Å². The number of benzene rings is 4. The first kappa shape index (κ1) is 62.1. The van der Waals surface area contributed by atoms with Crippen LogP contribution in [-0.4, -0.2) is 150 Å². The summed E-state index contributed by atoms with van der Waals surface area (Å²) in [4.78, 5) is 30.5. The summed E-state index contributed by atoms with van der Waals surface area (Å²) in [5, 5.41) is 25.3. The Hall–Kier alpha value is -5.93. The largest absolute Gasteiger partial charge is 0.543 e. The number of aromatic carboxylic acids is 1. The quantitative estimate of drug-likeness (QED) is 0.0235. The van der Waals surface area contributed by atoms with Gasteiger partial charge in [0.05, 0.1) is 55.6 Å². The molecule has 1 atom stereocenters. The number of quaternary nitrogens is 1. The number of nitrogens with zero attached hydrogens (tertiary/aromatic N) is 9. The van der Waals surface area contributed by atoms with Gasteiger partial charge in [-0.05, 0) is 117 Å². The van der Waals surface area contributed by atoms with Crippen molar-refractivity contribution in [3.05, 3.63) is 142 Å². The number of carbonyl (C=O) groups is 1. The van der Waals surface area contributed by atoms with Crippen LogP contribution in [0.1, 0.15) is 66.5 Å². The van der Waals surface area contributed by atoms with Crippen LogP contribution in [0.3, 0.4) is 0 Å². The molecule has 19 heteroatoms. The van der Waals surface area contributed by atoms with Crippen molar-refractivity contribution in [2.45, 2.75) is 96.9 Å². The molecule has 8 rings (SSSR count). The SMILES string of the molecule is Cc1cc(N(CCCC(C[N+]2(C)CCN(C)CC2)O[Si](c2ccccc2)(c2ccccc2)C(C)(C)C)c2nc(C(=O)[O-])c(CCCOc3ccc(C#CCN(C)C)cc3F)s2)nnc1/N=c1\sc2ccccc2n1COCC[Si](C)(C)C. The van der Waals surface area contributed by atoms with E-state index in [4.69, 9.17) is 34.1 Å². The van der Waals surface area contributed by atoms with Gasteiger partial charge in [-0.15, -0.1) is 21.5 Å². The second-order valence-corrected chi connectivity index (χ2v) is 36.3. The lowest BCUT2D eigenvalue weighted by atomic mass is 10.1. The van der Waals surface area contributed by atoms with Crippen LogP contribution in [0.4, 0.5) is 21.2 Å². The third kappa shape index (κ3) is 16.0. The number of thiazole rings is 2. The molecule has 0 bridgehead atoms. The number of fused-ring (bicyclic) bond motifs is 1. The maximum Gasteiger partial charge on any atom is 0.261 e. The molecule has 1 fully saturated rings. The molecular weight excluding hydrogens is 1100 g/mol. The van der Waals surface area contributed by atoms with Crippen LogP contribution in [0, 0.1) is 24.6 Å². The molecule has 0 aliphatic carbocycles. The third-order valence-electron chi connectivity index (χ3n) is 15.1. The zero-order valence-corrected chi connectivity index (χ0v) is 53.5. The van der Waals surface area contributed by atoms with E-state index in [0.717, 1.165) is 63.8 Å². The van der Waals surface area contributed by atoms with Gasteiger partial charge in [0.2, 0.25) is 0 Å². The van der Waals surface area contributed by atoms with Crippen molar-refractivity contribution < 1.29 is 32.7 Å². The summed E-state index contributed by atoms with van der Waals surface area (Å²) in [5.74, 6) is 5.20. The molecule has 4 aromatic carbocycles. The molecule has 4 heterocycles. The monoisotopic (exact) mass is 1180 g/mol. The van der Waals surface area contributed by atoms with Crippen molar-refractivity contribution in [3.63, 3.8) is 0 Å². The van der Waals surface area contributed by atoms with Gasteiger partial charge in [0.1, 0.15) is 19.0 Å². The Balaban J connectivity index is 1.13. The zero-order chi connectivity index (χ0) is 58.7. The summed E-state index contributed by atoms with van der Waals surface area (Å²) in [7, 11) is 4.12. The average Bonchev–Trinajstić information content (AvgIpc) is 4.06. The second kappa shape index (κ2) is 27.6. The molecular formula is C63H82FN9O5S2Si2. The lowest BCUT2D eigenvalue weighted by molar-refractivity contribution is -0.916. The number of aromatic nitrogens is 4. The van der Waals surface area contributed by atoms with Gasteiger partial charge < -0.3 is 33.2 Å². The van der Waals surface area contributed by atoms with Crippen molar-refractivity contribution in [2.24, 2.45) is 4.99 Å². The lowest BCUT2D eigenvalue weighted by Gasteiger charge is -2.48. The molecule has 436 valence electrons. The fourth-order valence-corrected chi connectivity index (χ4v) is 18.0. The number of hydrogen-bond acceptors (Lipinski definition) is 14. The molecule has 1 saturated heterocycles. The Labute approximate surface area is 495 Å². The molecule has 3 aromatic heterocycles. The van der Waals surface area contributed by atoms with Crippen molar-refractivity contribution in [2.75, 3.05) is 92.1 Å². The first-order valence-corrected chi connectivity index (χ1v) is 35.8. The second-order valence-electron chi connectivity index (χ2n) is 24.4. The van der Waals surface area contributed by atoms with E-state index in [1.54, 1.807) is 23.5 Å². The number of hydrogen-bond donors (Lipinski definition) is 0. The highest BCUT2D eigenvalue weighted by molar-refractivity contribution is 7.16. The molecule has 0 saturated carbocycles. The van der Waals surface area contributed by atoms with Gasteiger partial charge in [-0.2, -0.15) is 4.99 Å². The Morgan fingerprint density at radius 3 is 2.23 bits per heavy atom. The number of piperazine rings is 1. The van der Waals surface area contributed by atoms with E-state index in [2.05, 4.69) is 149 Å². The summed E-state index contributed by atoms with van der Waals surface area (Å²) in [6.45, 7) is 23.0. The minimum Gasteiger partial charge on any atom is -0.543 e. The van der Waals surface area contributed by atoms with E-state index < -0.39 is 28.2 Å². The predicted octanol–water partition coefficient (Wildman–Crippen LogP) is 9.49. The van der Waals surface area contributed by atoms with E-state index in [0.29, 0.717) is 79.3 Å². The van der Waals surface area contributed by atoms with Crippen molar-refractivity contribution >= 4 is 82.4 Å². The van der Waals surface area contributed by atoms with E-state index in [1.165, 1.54) is 27.8 Å². The Morgan fingerprint density at radius 1 is 0.915 bits per heavy atom. The molecule has 82 heavy (non-hydrogen) atoms. The normalized spacial score (nSPS) is 14.7. The topological polar surface area (TPSA) is 134 Å². The number of ether oxygens (including phenoxy) is 2. The van der Waals surface area contributed by atoms with Crippen molar-refractivity contribution in [1.29, 1.82) is 0 Å². The number of likely N-dealkylation sites (N-methyl/N-ethyl adjacent to an activating group) is 2. The standard InChI is InChI=1S/C63H82FN9O5S2Si2/c1-47-43-57(67-68-59(47)66-62-72(46-76-41-42-81(9,10)11)53-29-18-19-30-55(53)79-62)71(61-65-58(60(74)75)56(80-61)31-22-40-77-54-33-32-48(44-52(54)64)23-20-34-69(5)6)35-21-24-49(45-73(8)38-36-70(7)37-39-73)78-82(63(2,3)4,50-25-14-12-15-26-50)51-27-16-13-17-28-51/h12-19,25-30,32-33,43-44,49H,21-22,24,31,34-42,45-46H2,1-11H3/b66-62-. The highest BCUT2D eigenvalue weighted by atomic mass is 32.1. The number of para-hydroxylation sites is 1. The summed E-state index contributed by atoms with van der Waals surface area (Å²) in [6, 6.07) is 37.6. The molecule has 0 amide bonds. The minimum atomic E-state index is -2.99. The van der Waals surface area contributed by atoms with Gasteiger partial charge in [0.15, 0.2) is 33.1 Å². The number of anilines is 2. The third-order valence-corrected chi connectivity index (χ3v) is 24.1. The van der Waals surface area contributed by atoms with Gasteiger partial charge >= 0.3 is 0 Å². The summed E-state index contributed by atoms with van der Waals surface area (Å²) >= 11 is 2.86. The molecule has 7 aromatic rings. The van der Waals surface area contributed by atoms with Crippen LogP contribution in [0.15, 0.2) is 114 Å². The maximum atomic E-state index is 15.2. The van der Waals surface area contributed by atoms with Crippen LogP contribution in [-0.2, 0) is 22.3 Å². The molecule has 0 N–H and O–H groups in total. The number of aryl methyl sites for hydroxylation is 2. The molecule has 0 spiro atoms. The van der Waals surface area contributed by atoms with E-state index >= 15 is 4.39 Å². The predicted molar refractivity (Wildman–Crippen MR) is 335 cm³/mol. The smallest absolute Gasteiger partial charge is 0.261 e. The highest BCUT2D eigenvalue weighted by Crippen LogP contribution is 2.39. The number of rotatable bonds is 25. The van der Waals surface area contributed by atoms with E-state index in [-0.39, 0.29) is 29.2 Å². The Morgan fingerprint density at radius 2 is 1.60 bits per heavy atom. The molecule has 1 aliphatic heterocycles. The van der Waals surface area contributed by atoms with Gasteiger partial charge in [-0.3, -0.25) is 14.4 Å². The Bertz CT molecular complexity index is 3340. The first-order chi connectivity index (χ1) is 39.1. The van der Waals surface area contributed by atoms with Crippen molar-refractivity contribution in [3.8, 4) is 17.6 Å². The van der Waals surface area contributed by atoms with Gasteiger partial charge in [-0.25, -0.2) is 9.37 Å². The van der Waals surface area contributed by atoms with Crippen LogP contribution >= 0.6 is 22.7 Å². The molecule has 1 aliphatic rings. The fraction of sp³-hybridized carbons (Fsp3) is 0.444. The van der Waals surface area contributed by atoms with E-state index in [1.807, 2.05) is 49.0 Å². The number of carboxylic acids is 1.